The molecule has 0 aliphatic carbocycles. The van der Waals surface area contributed by atoms with Crippen molar-refractivity contribution in [2.45, 2.75) is 30.8 Å². The Labute approximate surface area is 102 Å². The van der Waals surface area contributed by atoms with Gasteiger partial charge in [0.25, 0.3) is 0 Å². The van der Waals surface area contributed by atoms with E-state index in [-0.39, 0.29) is 6.10 Å². The first-order valence-corrected chi connectivity index (χ1v) is 6.57. The SMILES string of the molecule is COCCCC(O)CSc1ccc(C)cc1. The highest BCUT2D eigenvalue weighted by Crippen LogP contribution is 2.20. The number of aliphatic hydroxyl groups excluding tert-OH is 1. The fourth-order valence-electron chi connectivity index (χ4n) is 1.37. The van der Waals surface area contributed by atoms with E-state index in [9.17, 15) is 5.11 Å². The van der Waals surface area contributed by atoms with Gasteiger partial charge in [0.1, 0.15) is 0 Å². The maximum Gasteiger partial charge on any atom is 0.0635 e. The van der Waals surface area contributed by atoms with Crippen molar-refractivity contribution in [1.82, 2.24) is 0 Å². The van der Waals surface area contributed by atoms with Crippen LogP contribution in [0.3, 0.4) is 0 Å². The molecule has 1 N–H and O–H groups in total. The molecule has 0 spiro atoms. The first kappa shape index (κ1) is 13.6. The van der Waals surface area contributed by atoms with E-state index in [1.807, 2.05) is 0 Å². The third-order valence-corrected chi connectivity index (χ3v) is 3.51. The van der Waals surface area contributed by atoms with Crippen LogP contribution in [0.2, 0.25) is 0 Å². The molecule has 0 heterocycles. The Morgan fingerprint density at radius 2 is 2.00 bits per heavy atom. The molecular weight excluding hydrogens is 220 g/mol. The lowest BCUT2D eigenvalue weighted by atomic mass is 10.2. The molecule has 0 radical (unpaired) electrons. The molecule has 1 aromatic rings. The number of hydrogen-bond acceptors (Lipinski definition) is 3. The summed E-state index contributed by atoms with van der Waals surface area (Å²) in [7, 11) is 1.69. The van der Waals surface area contributed by atoms with E-state index in [0.29, 0.717) is 0 Å². The third kappa shape index (κ3) is 5.54. The number of ether oxygens (including phenoxy) is 1. The van der Waals surface area contributed by atoms with Crippen molar-refractivity contribution in [2.75, 3.05) is 19.5 Å². The van der Waals surface area contributed by atoms with E-state index in [2.05, 4.69) is 31.2 Å². The summed E-state index contributed by atoms with van der Waals surface area (Å²) >= 11 is 1.70. The molecule has 0 aliphatic rings. The standard InChI is InChI=1S/C13H20O2S/c1-11-5-7-13(8-6-11)16-10-12(14)4-3-9-15-2/h5-8,12,14H,3-4,9-10H2,1-2H3. The first-order valence-electron chi connectivity index (χ1n) is 5.59. The third-order valence-electron chi connectivity index (χ3n) is 2.35. The summed E-state index contributed by atoms with van der Waals surface area (Å²) in [5, 5.41) is 9.72. The number of hydrogen-bond donors (Lipinski definition) is 1. The molecular formula is C13H20O2S. The van der Waals surface area contributed by atoms with Crippen LogP contribution in [0.5, 0.6) is 0 Å². The van der Waals surface area contributed by atoms with Gasteiger partial charge in [-0.05, 0) is 31.9 Å². The highest BCUT2D eigenvalue weighted by atomic mass is 32.2. The molecule has 0 fully saturated rings. The normalized spacial score (nSPS) is 12.7. The van der Waals surface area contributed by atoms with Crippen molar-refractivity contribution in [3.8, 4) is 0 Å². The van der Waals surface area contributed by atoms with Crippen molar-refractivity contribution < 1.29 is 9.84 Å². The van der Waals surface area contributed by atoms with Crippen LogP contribution < -0.4 is 0 Å². The highest BCUT2D eigenvalue weighted by molar-refractivity contribution is 7.99. The lowest BCUT2D eigenvalue weighted by Gasteiger charge is -2.09. The fourth-order valence-corrected chi connectivity index (χ4v) is 2.25. The van der Waals surface area contributed by atoms with Gasteiger partial charge in [0.2, 0.25) is 0 Å². The maximum atomic E-state index is 9.72. The van der Waals surface area contributed by atoms with Gasteiger partial charge in [-0.3, -0.25) is 0 Å². The van der Waals surface area contributed by atoms with Gasteiger partial charge in [0.05, 0.1) is 6.10 Å². The molecule has 2 nitrogen and oxygen atoms in total. The van der Waals surface area contributed by atoms with Crippen molar-refractivity contribution in [2.24, 2.45) is 0 Å². The Bertz CT molecular complexity index is 284. The molecule has 0 aliphatic heterocycles. The molecule has 16 heavy (non-hydrogen) atoms. The zero-order valence-electron chi connectivity index (χ0n) is 9.98. The molecule has 0 saturated carbocycles. The van der Waals surface area contributed by atoms with Gasteiger partial charge in [-0.25, -0.2) is 0 Å². The van der Waals surface area contributed by atoms with E-state index in [1.54, 1.807) is 18.9 Å². The van der Waals surface area contributed by atoms with Crippen molar-refractivity contribution >= 4 is 11.8 Å². The smallest absolute Gasteiger partial charge is 0.0635 e. The van der Waals surface area contributed by atoms with Gasteiger partial charge in [0.15, 0.2) is 0 Å². The minimum absolute atomic E-state index is 0.235. The van der Waals surface area contributed by atoms with Gasteiger partial charge in [-0.15, -0.1) is 11.8 Å². The summed E-state index contributed by atoms with van der Waals surface area (Å²) in [6.45, 7) is 2.81. The Balaban J connectivity index is 2.20. The second-order valence-electron chi connectivity index (χ2n) is 3.91. The van der Waals surface area contributed by atoms with Gasteiger partial charge >= 0.3 is 0 Å². The van der Waals surface area contributed by atoms with Gasteiger partial charge in [0, 0.05) is 24.4 Å². The minimum Gasteiger partial charge on any atom is -0.392 e. The molecule has 0 aromatic heterocycles. The Morgan fingerprint density at radius 1 is 1.31 bits per heavy atom. The summed E-state index contributed by atoms with van der Waals surface area (Å²) < 4.78 is 4.95. The fraction of sp³-hybridized carbons (Fsp3) is 0.538. The van der Waals surface area contributed by atoms with Crippen LogP contribution in [0.15, 0.2) is 29.2 Å². The maximum absolute atomic E-state index is 9.72. The van der Waals surface area contributed by atoms with Crippen LogP contribution in [0.25, 0.3) is 0 Å². The Morgan fingerprint density at radius 3 is 2.62 bits per heavy atom. The molecule has 1 unspecified atom stereocenters. The van der Waals surface area contributed by atoms with Crippen LogP contribution in [-0.4, -0.2) is 30.7 Å². The molecule has 0 bridgehead atoms. The predicted molar refractivity (Wildman–Crippen MR) is 69.0 cm³/mol. The molecule has 90 valence electrons. The number of benzene rings is 1. The first-order chi connectivity index (χ1) is 7.72. The average molecular weight is 240 g/mol. The Hall–Kier alpha value is -0.510. The van der Waals surface area contributed by atoms with Crippen LogP contribution in [-0.2, 0) is 4.74 Å². The quantitative estimate of drug-likeness (QED) is 0.587. The van der Waals surface area contributed by atoms with Crippen LogP contribution >= 0.6 is 11.8 Å². The molecule has 1 aromatic carbocycles. The molecule has 1 rings (SSSR count). The average Bonchev–Trinajstić information content (AvgIpc) is 2.29. The number of aliphatic hydroxyl groups is 1. The molecule has 1 atom stereocenters. The predicted octanol–water partition coefficient (Wildman–Crippen LogP) is 2.87. The van der Waals surface area contributed by atoms with Gasteiger partial charge in [-0.1, -0.05) is 17.7 Å². The number of rotatable bonds is 7. The van der Waals surface area contributed by atoms with Gasteiger partial charge in [-0.2, -0.15) is 0 Å². The molecule has 3 heteroatoms. The summed E-state index contributed by atoms with van der Waals surface area (Å²) in [4.78, 5) is 1.22. The highest BCUT2D eigenvalue weighted by Gasteiger charge is 2.04. The monoisotopic (exact) mass is 240 g/mol. The molecule has 0 amide bonds. The number of methoxy groups -OCH3 is 1. The topological polar surface area (TPSA) is 29.5 Å². The van der Waals surface area contributed by atoms with E-state index in [0.717, 1.165) is 25.2 Å². The number of thioether (sulfide) groups is 1. The lowest BCUT2D eigenvalue weighted by Crippen LogP contribution is -2.10. The van der Waals surface area contributed by atoms with E-state index in [4.69, 9.17) is 4.74 Å². The summed E-state index contributed by atoms with van der Waals surface area (Å²) in [5.74, 6) is 0.757. The van der Waals surface area contributed by atoms with E-state index >= 15 is 0 Å². The van der Waals surface area contributed by atoms with Crippen molar-refractivity contribution in [3.05, 3.63) is 29.8 Å². The summed E-state index contributed by atoms with van der Waals surface area (Å²) in [6.07, 6.45) is 1.50. The van der Waals surface area contributed by atoms with Gasteiger partial charge < -0.3 is 9.84 Å². The lowest BCUT2D eigenvalue weighted by molar-refractivity contribution is 0.149. The van der Waals surface area contributed by atoms with Crippen LogP contribution in [0.1, 0.15) is 18.4 Å². The Kier molecular flexibility index (Phi) is 6.53. The second kappa shape index (κ2) is 7.71. The van der Waals surface area contributed by atoms with Crippen LogP contribution in [0, 0.1) is 6.92 Å². The molecule has 0 saturated heterocycles. The second-order valence-corrected chi connectivity index (χ2v) is 5.01. The summed E-state index contributed by atoms with van der Waals surface area (Å²) in [5.41, 5.74) is 1.27. The zero-order chi connectivity index (χ0) is 11.8. The minimum atomic E-state index is -0.235. The summed E-state index contributed by atoms with van der Waals surface area (Å²) in [6, 6.07) is 8.39. The van der Waals surface area contributed by atoms with E-state index in [1.165, 1.54) is 10.5 Å². The van der Waals surface area contributed by atoms with E-state index < -0.39 is 0 Å². The van der Waals surface area contributed by atoms with Crippen LogP contribution in [0.4, 0.5) is 0 Å². The zero-order valence-corrected chi connectivity index (χ0v) is 10.8. The number of aryl methyl sites for hydroxylation is 1. The largest absolute Gasteiger partial charge is 0.392 e. The van der Waals surface area contributed by atoms with Crippen molar-refractivity contribution in [1.29, 1.82) is 0 Å². The van der Waals surface area contributed by atoms with Crippen molar-refractivity contribution in [3.63, 3.8) is 0 Å².